The maximum absolute atomic E-state index is 10.8. The van der Waals surface area contributed by atoms with E-state index in [9.17, 15) is 4.79 Å². The number of hydrogen-bond acceptors (Lipinski definition) is 3. The first-order valence-electron chi connectivity index (χ1n) is 3.90. The SMILES string of the molecule is NC(=O)C1CC(N)CC(N)C1. The lowest BCUT2D eigenvalue weighted by Crippen LogP contribution is -2.43. The van der Waals surface area contributed by atoms with E-state index in [1.807, 2.05) is 0 Å². The van der Waals surface area contributed by atoms with Crippen LogP contribution in [0.2, 0.25) is 0 Å². The second kappa shape index (κ2) is 3.19. The van der Waals surface area contributed by atoms with Gasteiger partial charge in [-0.2, -0.15) is 0 Å². The van der Waals surface area contributed by atoms with E-state index in [1.165, 1.54) is 0 Å². The van der Waals surface area contributed by atoms with Gasteiger partial charge in [-0.25, -0.2) is 0 Å². The highest BCUT2D eigenvalue weighted by Crippen LogP contribution is 2.21. The number of amides is 1. The minimum atomic E-state index is -0.268. The van der Waals surface area contributed by atoms with Gasteiger partial charge in [0.2, 0.25) is 5.91 Å². The molecule has 0 heterocycles. The third-order valence-electron chi connectivity index (χ3n) is 2.18. The van der Waals surface area contributed by atoms with Gasteiger partial charge in [0.15, 0.2) is 0 Å². The van der Waals surface area contributed by atoms with E-state index in [-0.39, 0.29) is 23.9 Å². The van der Waals surface area contributed by atoms with Gasteiger partial charge >= 0.3 is 0 Å². The fourth-order valence-electron chi connectivity index (χ4n) is 1.64. The van der Waals surface area contributed by atoms with Crippen LogP contribution in [0.3, 0.4) is 0 Å². The quantitative estimate of drug-likeness (QED) is 0.452. The summed E-state index contributed by atoms with van der Waals surface area (Å²) in [5.74, 6) is -0.371. The zero-order valence-electron chi connectivity index (χ0n) is 6.49. The Labute approximate surface area is 66.1 Å². The molecule has 1 saturated carbocycles. The van der Waals surface area contributed by atoms with Crippen LogP contribution in [-0.4, -0.2) is 18.0 Å². The van der Waals surface area contributed by atoms with Gasteiger partial charge in [0.25, 0.3) is 0 Å². The maximum atomic E-state index is 10.8. The largest absolute Gasteiger partial charge is 0.369 e. The molecule has 0 aromatic heterocycles. The van der Waals surface area contributed by atoms with Crippen LogP contribution < -0.4 is 17.2 Å². The van der Waals surface area contributed by atoms with Crippen molar-refractivity contribution in [3.8, 4) is 0 Å². The number of hydrogen-bond donors (Lipinski definition) is 3. The van der Waals surface area contributed by atoms with Crippen molar-refractivity contribution < 1.29 is 4.79 Å². The van der Waals surface area contributed by atoms with Crippen LogP contribution >= 0.6 is 0 Å². The highest BCUT2D eigenvalue weighted by atomic mass is 16.1. The fourth-order valence-corrected chi connectivity index (χ4v) is 1.64. The topological polar surface area (TPSA) is 95.1 Å². The van der Waals surface area contributed by atoms with Gasteiger partial charge in [0.05, 0.1) is 0 Å². The Morgan fingerprint density at radius 3 is 1.91 bits per heavy atom. The van der Waals surface area contributed by atoms with E-state index in [0.717, 1.165) is 6.42 Å². The first-order chi connectivity index (χ1) is 5.09. The van der Waals surface area contributed by atoms with Crippen LogP contribution in [0.1, 0.15) is 19.3 Å². The first-order valence-corrected chi connectivity index (χ1v) is 3.90. The van der Waals surface area contributed by atoms with Crippen molar-refractivity contribution in [3.63, 3.8) is 0 Å². The Morgan fingerprint density at radius 2 is 1.55 bits per heavy atom. The van der Waals surface area contributed by atoms with Gasteiger partial charge in [-0.15, -0.1) is 0 Å². The molecular formula is C7H15N3O. The van der Waals surface area contributed by atoms with E-state index < -0.39 is 0 Å². The summed E-state index contributed by atoms with van der Waals surface area (Å²) in [6, 6.07) is 0.104. The molecule has 6 N–H and O–H groups in total. The molecule has 11 heavy (non-hydrogen) atoms. The minimum absolute atomic E-state index is 0.0521. The molecular weight excluding hydrogens is 142 g/mol. The van der Waals surface area contributed by atoms with Crippen molar-refractivity contribution in [1.82, 2.24) is 0 Å². The molecule has 0 saturated heterocycles. The van der Waals surface area contributed by atoms with Crippen LogP contribution in [0.15, 0.2) is 0 Å². The summed E-state index contributed by atoms with van der Waals surface area (Å²) >= 11 is 0. The van der Waals surface area contributed by atoms with Crippen molar-refractivity contribution in [2.75, 3.05) is 0 Å². The molecule has 0 aliphatic heterocycles. The molecule has 0 radical (unpaired) electrons. The molecule has 64 valence electrons. The summed E-state index contributed by atoms with van der Waals surface area (Å²) in [6.45, 7) is 0. The molecule has 0 bridgehead atoms. The highest BCUT2D eigenvalue weighted by molar-refractivity contribution is 5.76. The summed E-state index contributed by atoms with van der Waals surface area (Å²) in [7, 11) is 0. The average Bonchev–Trinajstić information content (AvgIpc) is 1.85. The standard InChI is InChI=1S/C7H15N3O/c8-5-1-4(7(10)11)2-6(9)3-5/h4-6H,1-3,8-9H2,(H2,10,11). The third kappa shape index (κ3) is 2.17. The fraction of sp³-hybridized carbons (Fsp3) is 0.857. The van der Waals surface area contributed by atoms with Crippen LogP contribution in [0.4, 0.5) is 0 Å². The van der Waals surface area contributed by atoms with E-state index in [1.54, 1.807) is 0 Å². The summed E-state index contributed by atoms with van der Waals surface area (Å²) in [5.41, 5.74) is 16.5. The lowest BCUT2D eigenvalue weighted by atomic mass is 9.83. The Kier molecular flexibility index (Phi) is 2.46. The van der Waals surface area contributed by atoms with Crippen molar-refractivity contribution in [3.05, 3.63) is 0 Å². The summed E-state index contributed by atoms with van der Waals surface area (Å²) in [6.07, 6.45) is 2.20. The van der Waals surface area contributed by atoms with Gasteiger partial charge in [0, 0.05) is 18.0 Å². The lowest BCUT2D eigenvalue weighted by molar-refractivity contribution is -0.123. The molecule has 0 spiro atoms. The molecule has 0 aromatic carbocycles. The Hall–Kier alpha value is -0.610. The van der Waals surface area contributed by atoms with Gasteiger partial charge in [0.1, 0.15) is 0 Å². The number of rotatable bonds is 1. The van der Waals surface area contributed by atoms with E-state index in [4.69, 9.17) is 17.2 Å². The molecule has 1 aliphatic carbocycles. The zero-order chi connectivity index (χ0) is 8.43. The zero-order valence-corrected chi connectivity index (χ0v) is 6.49. The Bertz CT molecular complexity index is 150. The molecule has 1 aliphatic rings. The first kappa shape index (κ1) is 8.49. The molecule has 1 amide bonds. The monoisotopic (exact) mass is 157 g/mol. The van der Waals surface area contributed by atoms with Crippen molar-refractivity contribution in [2.24, 2.45) is 23.1 Å². The average molecular weight is 157 g/mol. The van der Waals surface area contributed by atoms with Crippen LogP contribution in [-0.2, 0) is 4.79 Å². The predicted molar refractivity (Wildman–Crippen MR) is 42.5 cm³/mol. The van der Waals surface area contributed by atoms with Crippen molar-refractivity contribution in [1.29, 1.82) is 0 Å². The van der Waals surface area contributed by atoms with Gasteiger partial charge in [-0.3, -0.25) is 4.79 Å². The normalized spacial score (nSPS) is 38.5. The molecule has 4 heteroatoms. The smallest absolute Gasteiger partial charge is 0.220 e. The molecule has 0 aromatic rings. The van der Waals surface area contributed by atoms with Gasteiger partial charge in [-0.05, 0) is 19.3 Å². The van der Waals surface area contributed by atoms with Crippen LogP contribution in [0.25, 0.3) is 0 Å². The Morgan fingerprint density at radius 1 is 1.09 bits per heavy atom. The van der Waals surface area contributed by atoms with E-state index >= 15 is 0 Å². The van der Waals surface area contributed by atoms with Gasteiger partial charge in [-0.1, -0.05) is 0 Å². The Balaban J connectivity index is 2.49. The molecule has 1 rings (SSSR count). The number of carbonyl (C=O) groups excluding carboxylic acids is 1. The summed E-state index contributed by atoms with van der Waals surface area (Å²) < 4.78 is 0. The third-order valence-corrected chi connectivity index (χ3v) is 2.18. The second-order valence-electron chi connectivity index (χ2n) is 3.33. The molecule has 2 atom stereocenters. The van der Waals surface area contributed by atoms with E-state index in [0.29, 0.717) is 12.8 Å². The van der Waals surface area contributed by atoms with Gasteiger partial charge < -0.3 is 17.2 Å². The predicted octanol–water partition coefficient (Wildman–Crippen LogP) is -1.07. The molecule has 4 nitrogen and oxygen atoms in total. The summed E-state index contributed by atoms with van der Waals surface area (Å²) in [4.78, 5) is 10.8. The number of nitrogens with two attached hydrogens (primary N) is 3. The molecule has 2 unspecified atom stereocenters. The molecule has 1 fully saturated rings. The highest BCUT2D eigenvalue weighted by Gasteiger charge is 2.27. The van der Waals surface area contributed by atoms with Crippen LogP contribution in [0.5, 0.6) is 0 Å². The maximum Gasteiger partial charge on any atom is 0.220 e. The lowest BCUT2D eigenvalue weighted by Gasteiger charge is -2.28. The van der Waals surface area contributed by atoms with Crippen molar-refractivity contribution in [2.45, 2.75) is 31.3 Å². The van der Waals surface area contributed by atoms with E-state index in [2.05, 4.69) is 0 Å². The van der Waals surface area contributed by atoms with Crippen molar-refractivity contribution >= 4 is 5.91 Å². The minimum Gasteiger partial charge on any atom is -0.369 e. The second-order valence-corrected chi connectivity index (χ2v) is 3.33. The number of carbonyl (C=O) groups is 1. The number of primary amides is 1. The van der Waals surface area contributed by atoms with Crippen LogP contribution in [0, 0.1) is 5.92 Å². The summed E-state index contributed by atoms with van der Waals surface area (Å²) in [5, 5.41) is 0.